The van der Waals surface area contributed by atoms with Gasteiger partial charge >= 0.3 is 0 Å². The molecule has 1 aromatic heterocycles. The Kier molecular flexibility index (Phi) is 5.45. The van der Waals surface area contributed by atoms with E-state index in [-0.39, 0.29) is 16.9 Å². The van der Waals surface area contributed by atoms with Gasteiger partial charge in [0, 0.05) is 34.3 Å². The molecule has 0 aliphatic heterocycles. The molecule has 0 aliphatic carbocycles. The highest BCUT2D eigenvalue weighted by atomic mass is 35.5. The number of nitro groups is 1. The molecule has 27 heavy (non-hydrogen) atoms. The molecule has 0 atom stereocenters. The third kappa shape index (κ3) is 4.28. The van der Waals surface area contributed by atoms with E-state index in [4.69, 9.17) is 11.6 Å². The number of hydrogen-bond donors (Lipinski definition) is 1. The van der Waals surface area contributed by atoms with E-state index in [9.17, 15) is 19.8 Å². The lowest BCUT2D eigenvalue weighted by Crippen LogP contribution is -1.96. The van der Waals surface area contributed by atoms with Crippen molar-refractivity contribution in [3.05, 3.63) is 80.0 Å². The Hall–Kier alpha value is -3.28. The van der Waals surface area contributed by atoms with Crippen molar-refractivity contribution in [1.29, 1.82) is 5.26 Å². The quantitative estimate of drug-likeness (QED) is 0.347. The highest BCUT2D eigenvalue weighted by molar-refractivity contribution is 7.11. The van der Waals surface area contributed by atoms with E-state index in [0.29, 0.717) is 15.7 Å². The van der Waals surface area contributed by atoms with Crippen molar-refractivity contribution in [2.24, 2.45) is 0 Å². The summed E-state index contributed by atoms with van der Waals surface area (Å²) in [4.78, 5) is 14.6. The van der Waals surface area contributed by atoms with Crippen LogP contribution in [-0.2, 0) is 0 Å². The average molecular weight is 401 g/mol. The summed E-state index contributed by atoms with van der Waals surface area (Å²) < 4.78 is 13.8. The molecule has 0 unspecified atom stereocenters. The Labute approximate surface area is 162 Å². The van der Waals surface area contributed by atoms with Crippen LogP contribution in [0.25, 0.3) is 16.8 Å². The van der Waals surface area contributed by atoms with Crippen molar-refractivity contribution < 1.29 is 9.31 Å². The summed E-state index contributed by atoms with van der Waals surface area (Å²) in [6, 6.07) is 12.2. The number of rotatable bonds is 5. The van der Waals surface area contributed by atoms with Crippen molar-refractivity contribution in [2.75, 3.05) is 5.32 Å². The zero-order valence-corrected chi connectivity index (χ0v) is 15.1. The number of nitro benzene ring substituents is 1. The van der Waals surface area contributed by atoms with Crippen molar-refractivity contribution in [3.8, 4) is 17.3 Å². The lowest BCUT2D eigenvalue weighted by atomic mass is 10.2. The minimum absolute atomic E-state index is 0.105. The molecule has 0 spiro atoms. The topological polar surface area (TPSA) is 91.8 Å². The predicted octanol–water partition coefficient (Wildman–Crippen LogP) is 5.49. The smallest absolute Gasteiger partial charge is 0.271 e. The summed E-state index contributed by atoms with van der Waals surface area (Å²) in [5.41, 5.74) is 1.33. The molecule has 0 aliphatic rings. The van der Waals surface area contributed by atoms with Gasteiger partial charge in [0.1, 0.15) is 22.5 Å². The number of halogens is 2. The standard InChI is InChI=1S/C18H10ClFN4O2S/c19-13-3-1-11(2-4-13)17-10-27-18(23-17)12(8-21)9-22-16-7-14(24(25)26)5-6-15(16)20/h1-7,9-10,22H. The second-order valence-electron chi connectivity index (χ2n) is 5.28. The van der Waals surface area contributed by atoms with Gasteiger partial charge in [-0.25, -0.2) is 9.37 Å². The maximum atomic E-state index is 13.8. The zero-order chi connectivity index (χ0) is 19.4. The monoisotopic (exact) mass is 400 g/mol. The molecule has 3 rings (SSSR count). The molecule has 0 amide bonds. The number of aromatic nitrogens is 1. The molecule has 9 heteroatoms. The van der Waals surface area contributed by atoms with Gasteiger partial charge in [0.25, 0.3) is 5.69 Å². The first-order valence-electron chi connectivity index (χ1n) is 7.50. The first kappa shape index (κ1) is 18.5. The molecule has 0 saturated heterocycles. The summed E-state index contributed by atoms with van der Waals surface area (Å²) in [7, 11) is 0. The van der Waals surface area contributed by atoms with E-state index in [1.165, 1.54) is 17.5 Å². The van der Waals surface area contributed by atoms with E-state index in [2.05, 4.69) is 10.3 Å². The third-order valence-corrected chi connectivity index (χ3v) is 4.66. The van der Waals surface area contributed by atoms with Crippen molar-refractivity contribution in [1.82, 2.24) is 4.98 Å². The van der Waals surface area contributed by atoms with Crippen LogP contribution in [0.3, 0.4) is 0 Å². The fourth-order valence-electron chi connectivity index (χ4n) is 2.18. The zero-order valence-electron chi connectivity index (χ0n) is 13.5. The van der Waals surface area contributed by atoms with Crippen LogP contribution in [0.2, 0.25) is 5.02 Å². The maximum Gasteiger partial charge on any atom is 0.271 e. The van der Waals surface area contributed by atoms with Crippen LogP contribution in [0.4, 0.5) is 15.8 Å². The molecule has 6 nitrogen and oxygen atoms in total. The third-order valence-electron chi connectivity index (χ3n) is 3.53. The number of anilines is 1. The average Bonchev–Trinajstić information content (AvgIpc) is 3.14. The summed E-state index contributed by atoms with van der Waals surface area (Å²) in [5, 5.41) is 25.6. The minimum atomic E-state index is -0.671. The van der Waals surface area contributed by atoms with Crippen LogP contribution in [0.5, 0.6) is 0 Å². The summed E-state index contributed by atoms with van der Waals surface area (Å²) >= 11 is 7.12. The minimum Gasteiger partial charge on any atom is -0.358 e. The van der Waals surface area contributed by atoms with Crippen LogP contribution in [0.1, 0.15) is 5.01 Å². The lowest BCUT2D eigenvalue weighted by Gasteiger charge is -2.03. The molecule has 1 heterocycles. The highest BCUT2D eigenvalue weighted by Crippen LogP contribution is 2.27. The van der Waals surface area contributed by atoms with Crippen molar-refractivity contribution in [3.63, 3.8) is 0 Å². The van der Waals surface area contributed by atoms with Gasteiger partial charge in [-0.05, 0) is 18.2 Å². The number of thiazole rings is 1. The van der Waals surface area contributed by atoms with Crippen LogP contribution < -0.4 is 5.32 Å². The van der Waals surface area contributed by atoms with Gasteiger partial charge in [0.15, 0.2) is 0 Å². The Morgan fingerprint density at radius 3 is 2.74 bits per heavy atom. The Morgan fingerprint density at radius 2 is 2.07 bits per heavy atom. The molecule has 3 aromatic rings. The van der Waals surface area contributed by atoms with Gasteiger partial charge in [-0.2, -0.15) is 5.26 Å². The van der Waals surface area contributed by atoms with E-state index in [0.717, 1.165) is 23.8 Å². The van der Waals surface area contributed by atoms with Gasteiger partial charge in [0.05, 0.1) is 16.3 Å². The lowest BCUT2D eigenvalue weighted by molar-refractivity contribution is -0.384. The number of hydrogen-bond acceptors (Lipinski definition) is 6. The van der Waals surface area contributed by atoms with Crippen LogP contribution >= 0.6 is 22.9 Å². The fourth-order valence-corrected chi connectivity index (χ4v) is 3.10. The second-order valence-corrected chi connectivity index (χ2v) is 6.57. The number of non-ortho nitro benzene ring substituents is 1. The van der Waals surface area contributed by atoms with Crippen LogP contribution in [0.15, 0.2) is 54.0 Å². The molecule has 0 fully saturated rings. The summed E-state index contributed by atoms with van der Waals surface area (Å²) in [6.45, 7) is 0. The first-order valence-corrected chi connectivity index (χ1v) is 8.76. The summed E-state index contributed by atoms with van der Waals surface area (Å²) in [6.07, 6.45) is 1.27. The highest BCUT2D eigenvalue weighted by Gasteiger charge is 2.12. The predicted molar refractivity (Wildman–Crippen MR) is 103 cm³/mol. The summed E-state index contributed by atoms with van der Waals surface area (Å²) in [5.74, 6) is -0.671. The number of allylic oxidation sites excluding steroid dienone is 1. The molecule has 0 saturated carbocycles. The SMILES string of the molecule is N#CC(=CNc1cc([N+](=O)[O-])ccc1F)c1nc(-c2ccc(Cl)cc2)cs1. The number of nitrogens with zero attached hydrogens (tertiary/aromatic N) is 3. The largest absolute Gasteiger partial charge is 0.358 e. The van der Waals surface area contributed by atoms with E-state index >= 15 is 0 Å². The van der Waals surface area contributed by atoms with E-state index < -0.39 is 10.7 Å². The number of benzene rings is 2. The molecule has 0 radical (unpaired) electrons. The normalized spacial score (nSPS) is 11.1. The van der Waals surface area contributed by atoms with Gasteiger partial charge in [-0.3, -0.25) is 10.1 Å². The number of nitrogens with one attached hydrogen (secondary N) is 1. The molecular weight excluding hydrogens is 391 g/mol. The molecule has 134 valence electrons. The second kappa shape index (κ2) is 7.95. The molecule has 0 bridgehead atoms. The van der Waals surface area contributed by atoms with Crippen molar-refractivity contribution >= 4 is 39.9 Å². The fraction of sp³-hybridized carbons (Fsp3) is 0. The first-order chi connectivity index (χ1) is 13.0. The Bertz CT molecular complexity index is 1070. The molecule has 1 N–H and O–H groups in total. The molecular formula is C18H10ClFN4O2S. The van der Waals surface area contributed by atoms with Gasteiger partial charge in [-0.15, -0.1) is 11.3 Å². The number of nitriles is 1. The van der Waals surface area contributed by atoms with Gasteiger partial charge < -0.3 is 5.32 Å². The maximum absolute atomic E-state index is 13.8. The van der Waals surface area contributed by atoms with Gasteiger partial charge in [-0.1, -0.05) is 23.7 Å². The van der Waals surface area contributed by atoms with E-state index in [1.807, 2.05) is 18.2 Å². The Morgan fingerprint density at radius 1 is 1.33 bits per heavy atom. The molecule has 2 aromatic carbocycles. The van der Waals surface area contributed by atoms with Crippen LogP contribution in [-0.4, -0.2) is 9.91 Å². The van der Waals surface area contributed by atoms with Crippen molar-refractivity contribution in [2.45, 2.75) is 0 Å². The van der Waals surface area contributed by atoms with Gasteiger partial charge in [0.2, 0.25) is 0 Å². The van der Waals surface area contributed by atoms with E-state index in [1.54, 1.807) is 17.5 Å². The Balaban J connectivity index is 1.86. The van der Waals surface area contributed by atoms with Crippen LogP contribution in [0, 0.1) is 27.3 Å².